The predicted molar refractivity (Wildman–Crippen MR) is 308 cm³/mol. The molecular formula is C48H62BrN12O8PS3. The van der Waals surface area contributed by atoms with Gasteiger partial charge in [-0.15, -0.1) is 0 Å². The van der Waals surface area contributed by atoms with Gasteiger partial charge in [0.05, 0.1) is 15.2 Å². The summed E-state index contributed by atoms with van der Waals surface area (Å²) in [6.45, 7) is 12.3. The van der Waals surface area contributed by atoms with E-state index in [9.17, 15) is 29.8 Å². The van der Waals surface area contributed by atoms with Crippen molar-refractivity contribution >= 4 is 128 Å². The summed E-state index contributed by atoms with van der Waals surface area (Å²) in [4.78, 5) is 62.3. The number of non-ortho nitro benzene ring substituents is 2. The zero-order valence-electron chi connectivity index (χ0n) is 40.4. The first-order chi connectivity index (χ1) is 34.7. The number of halogens is 1. The number of carbonyl (C=O) groups is 2. The third-order valence-corrected chi connectivity index (χ3v) is 13.5. The molecule has 0 aliphatic carbocycles. The highest BCUT2D eigenvalue weighted by atomic mass is 79.9. The number of rotatable bonds is 18. The monoisotopic (exact) mass is 1140 g/mol. The van der Waals surface area contributed by atoms with Gasteiger partial charge in [-0.05, 0) is 79.3 Å². The second kappa shape index (κ2) is 31.1. The minimum atomic E-state index is -0.541. The van der Waals surface area contributed by atoms with E-state index in [4.69, 9.17) is 33.9 Å². The molecule has 25 heteroatoms. The average molecular weight is 1140 g/mol. The predicted octanol–water partition coefficient (Wildman–Crippen LogP) is 7.30. The number of anilines is 6. The highest BCUT2D eigenvalue weighted by Gasteiger charge is 2.22. The largest absolute Gasteiger partial charge is 0.396 e. The Morgan fingerprint density at radius 1 is 0.795 bits per heavy atom. The maximum absolute atomic E-state index is 12.8. The number of aliphatic imine (C=N–C) groups is 1. The van der Waals surface area contributed by atoms with Gasteiger partial charge in [-0.3, -0.25) is 39.6 Å². The molecule has 8 N–H and O–H groups in total. The Labute approximate surface area is 449 Å². The molecule has 0 spiro atoms. The van der Waals surface area contributed by atoms with Crippen LogP contribution < -0.4 is 31.9 Å². The summed E-state index contributed by atoms with van der Waals surface area (Å²) in [5.74, 6) is 0.392. The van der Waals surface area contributed by atoms with Gasteiger partial charge in [0.1, 0.15) is 10.7 Å². The molecule has 0 radical (unpaired) electrons. The van der Waals surface area contributed by atoms with Crippen molar-refractivity contribution in [3.63, 3.8) is 0 Å². The van der Waals surface area contributed by atoms with Gasteiger partial charge in [0.15, 0.2) is 21.2 Å². The van der Waals surface area contributed by atoms with Crippen molar-refractivity contribution in [2.75, 3.05) is 116 Å². The zero-order chi connectivity index (χ0) is 52.0. The second-order valence-corrected chi connectivity index (χ2v) is 19.3. The molecule has 2 fully saturated rings. The fraction of sp³-hybridized carbons (Fsp3) is 0.354. The summed E-state index contributed by atoms with van der Waals surface area (Å²) in [6.07, 6.45) is 1.66. The summed E-state index contributed by atoms with van der Waals surface area (Å²) < 4.78 is 0. The number of hydrogen-bond donors (Lipinski definition) is 6. The molecule has 1 atom stereocenters. The van der Waals surface area contributed by atoms with Crippen LogP contribution in [0.4, 0.5) is 45.1 Å². The van der Waals surface area contributed by atoms with Crippen LogP contribution in [0.1, 0.15) is 45.4 Å². The van der Waals surface area contributed by atoms with Crippen molar-refractivity contribution in [1.29, 1.82) is 0 Å². The summed E-state index contributed by atoms with van der Waals surface area (Å²) in [6, 6.07) is 27.4. The molecule has 3 heterocycles. The lowest BCUT2D eigenvalue weighted by Crippen LogP contribution is -2.46. The fourth-order valence-corrected chi connectivity index (χ4v) is 9.34. The van der Waals surface area contributed by atoms with Crippen LogP contribution >= 0.6 is 61.1 Å². The van der Waals surface area contributed by atoms with Crippen LogP contribution in [0.25, 0.3) is 0 Å². The molecular weight excluding hydrogens is 1080 g/mol. The number of benzene rings is 4. The maximum Gasteiger partial charge on any atom is 0.270 e. The number of nitrogens with zero attached hydrogens (tertiary/aromatic N) is 8. The Bertz CT molecular complexity index is 2620. The van der Waals surface area contributed by atoms with E-state index in [-0.39, 0.29) is 61.9 Å². The minimum Gasteiger partial charge on any atom is -0.396 e. The van der Waals surface area contributed by atoms with Gasteiger partial charge in [0, 0.05) is 137 Å². The third kappa shape index (κ3) is 19.3. The number of aliphatic hydroxyl groups is 2. The number of aliphatic hydroxyl groups excluding tert-OH is 2. The molecule has 20 nitrogen and oxygen atoms in total. The fourth-order valence-electron chi connectivity index (χ4n) is 7.42. The number of nitro groups is 2. The summed E-state index contributed by atoms with van der Waals surface area (Å²) in [7, 11) is 0. The second-order valence-electron chi connectivity index (χ2n) is 16.1. The number of alkyl halides is 1. The van der Waals surface area contributed by atoms with Gasteiger partial charge in [-0.25, -0.2) is 4.98 Å². The van der Waals surface area contributed by atoms with Gasteiger partial charge in [-0.2, -0.15) is 14.9 Å². The number of nitrogens with two attached hydrogens (primary N) is 2. The van der Waals surface area contributed by atoms with Gasteiger partial charge < -0.3 is 42.1 Å². The first kappa shape index (κ1) is 59.9. The molecule has 1 unspecified atom stereocenters. The average Bonchev–Trinajstić information content (AvgIpc) is 3.77. The van der Waals surface area contributed by atoms with E-state index in [1.165, 1.54) is 59.9 Å². The number of hydrogen-bond acceptors (Lipinski definition) is 18. The molecule has 5 aromatic rings. The molecule has 0 amide bonds. The maximum atomic E-state index is 12.8. The van der Waals surface area contributed by atoms with Crippen molar-refractivity contribution < 1.29 is 29.6 Å². The van der Waals surface area contributed by atoms with E-state index in [0.717, 1.165) is 112 Å². The van der Waals surface area contributed by atoms with Gasteiger partial charge in [-0.1, -0.05) is 70.2 Å². The van der Waals surface area contributed by atoms with E-state index < -0.39 is 15.6 Å². The Balaban J connectivity index is 0.000000259. The molecule has 1 aromatic heterocycles. The number of ketones is 2. The minimum absolute atomic E-state index is 0. The molecule has 2 saturated heterocycles. The van der Waals surface area contributed by atoms with Crippen LogP contribution in [0.3, 0.4) is 0 Å². The van der Waals surface area contributed by atoms with Crippen LogP contribution in [0.2, 0.25) is 0 Å². The topological polar surface area (TPSA) is 275 Å². The lowest BCUT2D eigenvalue weighted by Gasteiger charge is -2.36. The van der Waals surface area contributed by atoms with Crippen molar-refractivity contribution in [3.8, 4) is 0 Å². The van der Waals surface area contributed by atoms with Gasteiger partial charge >= 0.3 is 0 Å². The Morgan fingerprint density at radius 3 is 1.74 bits per heavy atom. The highest BCUT2D eigenvalue weighted by molar-refractivity contribution is 9.09. The number of thioether (sulfide) groups is 1. The molecule has 73 heavy (non-hydrogen) atoms. The van der Waals surface area contributed by atoms with Crippen molar-refractivity contribution in [3.05, 3.63) is 133 Å². The van der Waals surface area contributed by atoms with Crippen molar-refractivity contribution in [2.24, 2.45) is 10.7 Å². The number of thiazole rings is 1. The lowest BCUT2D eigenvalue weighted by molar-refractivity contribution is -0.385. The summed E-state index contributed by atoms with van der Waals surface area (Å²) >= 11 is 10.8. The molecule has 4 aromatic carbocycles. The van der Waals surface area contributed by atoms with E-state index in [2.05, 4.69) is 68.3 Å². The van der Waals surface area contributed by atoms with E-state index in [1.807, 2.05) is 43.3 Å². The molecule has 0 bridgehead atoms. The Morgan fingerprint density at radius 2 is 1.27 bits per heavy atom. The third-order valence-electron chi connectivity index (χ3n) is 11.2. The number of piperazine rings is 2. The van der Waals surface area contributed by atoms with Crippen molar-refractivity contribution in [1.82, 2.24) is 14.8 Å². The first-order valence-corrected chi connectivity index (χ1v) is 26.3. The zero-order valence-corrected chi connectivity index (χ0v) is 45.9. The van der Waals surface area contributed by atoms with Crippen molar-refractivity contribution in [2.45, 2.75) is 19.8 Å². The number of nitrogen functional groups attached to an aromatic ring is 1. The quantitative estimate of drug-likeness (QED) is 0.00734. The van der Waals surface area contributed by atoms with Crippen LogP contribution in [-0.2, 0) is 0 Å². The number of aromatic nitrogens is 1. The molecule has 7 rings (SSSR count). The number of Topliss-reactive ketones (excluding diaryl/α,β-unsaturated/α-hetero) is 1. The SMILES string of the molecule is CCSC(N)=NC(=S)Nc1ccc(N2CCN(CCCO)CC2)cc1.Nc1nc(Nc2ccc(N3CCN(CCCO)CC3)cc2)sc1C(=O)c1cccc([N+](=O)[O-])c1.O=C(CBr)c1cccc([N+](=O)[O-])c1.P. The number of nitro benzene ring substituents is 2. The Hall–Kier alpha value is -5.69. The standard InChI is InChI=1S/C23H26N6O4S.C17H27N5OS2.C8H6BrNO3.H3P/c24-22-21(20(31)16-3-1-4-19(15-16)29(32)33)34-23(26-22)25-17-5-7-18(8-6-17)28-12-10-27(11-13-28)9-2-14-30;1-2-25-16(18)20-17(24)19-14-4-6-15(7-5-14)22-11-9-21(10-12-22)8-3-13-23;9-5-8(11)6-2-1-3-7(4-6)10(12)13;/h1,3-8,15,30H,2,9-14,24H2,(H,25,26);4-7,23H,2-3,8-13H2,1H3,(H3,18,19,20,24);1-4H,5H2;1H3. The van der Waals surface area contributed by atoms with Crippen LogP contribution in [-0.4, -0.2) is 146 Å². The molecule has 0 saturated carbocycles. The highest BCUT2D eigenvalue weighted by Crippen LogP contribution is 2.31. The molecule has 2 aliphatic rings. The number of thiocarbonyl (C=S) groups is 1. The molecule has 2 aliphatic heterocycles. The van der Waals surface area contributed by atoms with Crippen LogP contribution in [0.5, 0.6) is 0 Å². The smallest absolute Gasteiger partial charge is 0.270 e. The van der Waals surface area contributed by atoms with Gasteiger partial charge in [0.2, 0.25) is 5.78 Å². The summed E-state index contributed by atoms with van der Waals surface area (Å²) in [5.41, 5.74) is 16.1. The Kier molecular flexibility index (Phi) is 25.5. The van der Waals surface area contributed by atoms with E-state index in [1.54, 1.807) is 6.07 Å². The number of amidine groups is 1. The lowest BCUT2D eigenvalue weighted by atomic mass is 10.1. The summed E-state index contributed by atoms with van der Waals surface area (Å²) in [5, 5.41) is 47.0. The van der Waals surface area contributed by atoms with E-state index >= 15 is 0 Å². The number of nitrogens with one attached hydrogen (secondary N) is 2. The normalized spacial score (nSPS) is 13.8. The van der Waals surface area contributed by atoms with E-state index in [0.29, 0.717) is 21.0 Å². The first-order valence-electron chi connectivity index (χ1n) is 23.0. The number of carbonyl (C=O) groups excluding carboxylic acids is 2. The molecule has 392 valence electrons. The van der Waals surface area contributed by atoms with Crippen LogP contribution in [0.15, 0.2) is 102 Å². The van der Waals surface area contributed by atoms with Gasteiger partial charge in [0.25, 0.3) is 11.4 Å². The van der Waals surface area contributed by atoms with Crippen LogP contribution in [0, 0.1) is 20.2 Å².